The van der Waals surface area contributed by atoms with Crippen LogP contribution in [0.2, 0.25) is 0 Å². The lowest BCUT2D eigenvalue weighted by Crippen LogP contribution is -2.13. The molecule has 2 heteroatoms. The summed E-state index contributed by atoms with van der Waals surface area (Å²) in [6, 6.07) is 16.0. The quantitative estimate of drug-likeness (QED) is 0.726. The zero-order chi connectivity index (χ0) is 16.3. The Hall–Kier alpha value is -2.09. The van der Waals surface area contributed by atoms with E-state index in [1.807, 2.05) is 38.1 Å². The van der Waals surface area contributed by atoms with Crippen LogP contribution in [0.1, 0.15) is 50.5 Å². The maximum Gasteiger partial charge on any atom is 0.339 e. The van der Waals surface area contributed by atoms with Crippen molar-refractivity contribution in [2.45, 2.75) is 46.1 Å². The Morgan fingerprint density at radius 1 is 0.955 bits per heavy atom. The Morgan fingerprint density at radius 3 is 2.09 bits per heavy atom. The molecule has 2 aromatic rings. The lowest BCUT2D eigenvalue weighted by Gasteiger charge is -2.19. The fraction of sp³-hybridized carbons (Fsp3) is 0.350. The Labute approximate surface area is 133 Å². The molecule has 0 aliphatic heterocycles. The summed E-state index contributed by atoms with van der Waals surface area (Å²) >= 11 is 0. The molecule has 0 heterocycles. The van der Waals surface area contributed by atoms with Crippen molar-refractivity contribution in [1.29, 1.82) is 0 Å². The molecule has 0 amide bonds. The Kier molecular flexibility index (Phi) is 4.70. The van der Waals surface area contributed by atoms with Gasteiger partial charge >= 0.3 is 5.97 Å². The summed E-state index contributed by atoms with van der Waals surface area (Å²) < 4.78 is 5.34. The highest BCUT2D eigenvalue weighted by Crippen LogP contribution is 2.28. The Morgan fingerprint density at radius 2 is 1.55 bits per heavy atom. The zero-order valence-corrected chi connectivity index (χ0v) is 14.0. The minimum absolute atomic E-state index is 0.120. The van der Waals surface area contributed by atoms with Crippen LogP contribution in [0.4, 0.5) is 0 Å². The molecule has 0 atom stereocenters. The number of hydrogen-bond donors (Lipinski definition) is 0. The van der Waals surface area contributed by atoms with E-state index in [4.69, 9.17) is 4.74 Å². The van der Waals surface area contributed by atoms with Crippen molar-refractivity contribution < 1.29 is 9.53 Å². The molecule has 2 aromatic carbocycles. The van der Waals surface area contributed by atoms with E-state index in [0.29, 0.717) is 5.56 Å². The summed E-state index contributed by atoms with van der Waals surface area (Å²) in [5, 5.41) is 0. The number of benzene rings is 2. The van der Waals surface area contributed by atoms with E-state index in [0.717, 1.165) is 11.1 Å². The van der Waals surface area contributed by atoms with Crippen LogP contribution >= 0.6 is 0 Å². The van der Waals surface area contributed by atoms with Crippen LogP contribution in [-0.2, 0) is 10.2 Å². The van der Waals surface area contributed by atoms with Gasteiger partial charge in [-0.25, -0.2) is 4.79 Å². The predicted molar refractivity (Wildman–Crippen MR) is 91.1 cm³/mol. The van der Waals surface area contributed by atoms with E-state index < -0.39 is 0 Å². The molecule has 2 rings (SSSR count). The van der Waals surface area contributed by atoms with Gasteiger partial charge in [0.1, 0.15) is 0 Å². The normalized spacial score (nSPS) is 11.5. The first-order chi connectivity index (χ1) is 10.3. The first-order valence-electron chi connectivity index (χ1n) is 7.70. The molecule has 0 spiro atoms. The third-order valence-corrected chi connectivity index (χ3v) is 3.55. The lowest BCUT2D eigenvalue weighted by atomic mass is 9.86. The molecular formula is C20H24O2. The van der Waals surface area contributed by atoms with Gasteiger partial charge in [-0.1, -0.05) is 63.2 Å². The van der Waals surface area contributed by atoms with E-state index >= 15 is 0 Å². The third-order valence-electron chi connectivity index (χ3n) is 3.55. The molecule has 2 nitrogen and oxygen atoms in total. The summed E-state index contributed by atoms with van der Waals surface area (Å²) in [6.07, 6.45) is -0.121. The van der Waals surface area contributed by atoms with Gasteiger partial charge in [-0.15, -0.1) is 0 Å². The van der Waals surface area contributed by atoms with Crippen molar-refractivity contribution in [1.82, 2.24) is 0 Å². The van der Waals surface area contributed by atoms with E-state index in [2.05, 4.69) is 45.0 Å². The van der Waals surface area contributed by atoms with Gasteiger partial charge in [-0.05, 0) is 42.0 Å². The maximum absolute atomic E-state index is 12.3. The summed E-state index contributed by atoms with van der Waals surface area (Å²) in [7, 11) is 0. The van der Waals surface area contributed by atoms with Crippen LogP contribution in [0.25, 0.3) is 11.1 Å². The highest BCUT2D eigenvalue weighted by molar-refractivity contribution is 5.97. The van der Waals surface area contributed by atoms with Crippen LogP contribution in [0.15, 0.2) is 48.5 Å². The van der Waals surface area contributed by atoms with Gasteiger partial charge in [0.15, 0.2) is 0 Å². The predicted octanol–water partition coefficient (Wildman–Crippen LogP) is 5.22. The second kappa shape index (κ2) is 6.35. The van der Waals surface area contributed by atoms with Crippen molar-refractivity contribution in [3.05, 3.63) is 59.7 Å². The van der Waals surface area contributed by atoms with Gasteiger partial charge in [-0.2, -0.15) is 0 Å². The SMILES string of the molecule is CC(C)OC(=O)c1ccccc1-c1ccc(C(C)(C)C)cc1. The molecule has 0 N–H and O–H groups in total. The highest BCUT2D eigenvalue weighted by Gasteiger charge is 2.16. The van der Waals surface area contributed by atoms with E-state index in [-0.39, 0.29) is 17.5 Å². The largest absolute Gasteiger partial charge is 0.459 e. The first-order valence-corrected chi connectivity index (χ1v) is 7.70. The molecule has 22 heavy (non-hydrogen) atoms. The number of ether oxygens (including phenoxy) is 1. The first kappa shape index (κ1) is 16.3. The third kappa shape index (κ3) is 3.76. The molecule has 0 saturated carbocycles. The number of rotatable bonds is 3. The maximum atomic E-state index is 12.3. The van der Waals surface area contributed by atoms with Gasteiger partial charge in [0.05, 0.1) is 11.7 Å². The minimum Gasteiger partial charge on any atom is -0.459 e. The molecule has 116 valence electrons. The smallest absolute Gasteiger partial charge is 0.339 e. The molecule has 0 unspecified atom stereocenters. The molecule has 0 radical (unpaired) electrons. The molecule has 0 saturated heterocycles. The van der Waals surface area contributed by atoms with Gasteiger partial charge in [0.25, 0.3) is 0 Å². The van der Waals surface area contributed by atoms with Crippen molar-refractivity contribution >= 4 is 5.97 Å². The summed E-state index contributed by atoms with van der Waals surface area (Å²) in [4.78, 5) is 12.3. The number of esters is 1. The van der Waals surface area contributed by atoms with Crippen molar-refractivity contribution in [2.75, 3.05) is 0 Å². The van der Waals surface area contributed by atoms with Crippen LogP contribution in [-0.4, -0.2) is 12.1 Å². The van der Waals surface area contributed by atoms with Crippen molar-refractivity contribution in [3.8, 4) is 11.1 Å². The molecule has 0 fully saturated rings. The molecule has 0 aromatic heterocycles. The highest BCUT2D eigenvalue weighted by atomic mass is 16.5. The fourth-order valence-electron chi connectivity index (χ4n) is 2.34. The minimum atomic E-state index is -0.273. The monoisotopic (exact) mass is 296 g/mol. The van der Waals surface area contributed by atoms with Gasteiger partial charge < -0.3 is 4.74 Å². The molecule has 0 aliphatic rings. The second-order valence-corrected chi connectivity index (χ2v) is 6.83. The van der Waals surface area contributed by atoms with Crippen LogP contribution in [0.3, 0.4) is 0 Å². The lowest BCUT2D eigenvalue weighted by molar-refractivity contribution is 0.0379. The van der Waals surface area contributed by atoms with Gasteiger partial charge in [0.2, 0.25) is 0 Å². The number of carbonyl (C=O) groups excluding carboxylic acids is 1. The van der Waals surface area contributed by atoms with Crippen molar-refractivity contribution in [3.63, 3.8) is 0 Å². The average Bonchev–Trinajstić information content (AvgIpc) is 2.46. The Balaban J connectivity index is 2.39. The van der Waals surface area contributed by atoms with E-state index in [1.165, 1.54) is 5.56 Å². The van der Waals surface area contributed by atoms with Crippen molar-refractivity contribution in [2.24, 2.45) is 0 Å². The van der Waals surface area contributed by atoms with Crippen LogP contribution in [0.5, 0.6) is 0 Å². The van der Waals surface area contributed by atoms with Crippen LogP contribution < -0.4 is 0 Å². The van der Waals surface area contributed by atoms with E-state index in [9.17, 15) is 4.79 Å². The Bertz CT molecular complexity index is 646. The van der Waals surface area contributed by atoms with Gasteiger partial charge in [-0.3, -0.25) is 0 Å². The molecule has 0 bridgehead atoms. The number of hydrogen-bond acceptors (Lipinski definition) is 2. The zero-order valence-electron chi connectivity index (χ0n) is 14.0. The fourth-order valence-corrected chi connectivity index (χ4v) is 2.34. The standard InChI is InChI=1S/C20H24O2/c1-14(2)22-19(21)18-9-7-6-8-17(18)15-10-12-16(13-11-15)20(3,4)5/h6-14H,1-5H3. The molecule has 0 aliphatic carbocycles. The van der Waals surface area contributed by atoms with Crippen LogP contribution in [0, 0.1) is 0 Å². The summed E-state index contributed by atoms with van der Waals surface area (Å²) in [5.74, 6) is -0.273. The molecular weight excluding hydrogens is 272 g/mol. The van der Waals surface area contributed by atoms with E-state index in [1.54, 1.807) is 0 Å². The topological polar surface area (TPSA) is 26.3 Å². The van der Waals surface area contributed by atoms with Gasteiger partial charge in [0, 0.05) is 0 Å². The summed E-state index contributed by atoms with van der Waals surface area (Å²) in [6.45, 7) is 10.3. The second-order valence-electron chi connectivity index (χ2n) is 6.83. The average molecular weight is 296 g/mol. The summed E-state index contributed by atoms with van der Waals surface area (Å²) in [5.41, 5.74) is 3.95. The number of carbonyl (C=O) groups is 1.